The second-order valence-corrected chi connectivity index (χ2v) is 4.94. The number of hydrogen-bond acceptors (Lipinski definition) is 2. The Kier molecular flexibility index (Phi) is 4.08. The molecule has 3 nitrogen and oxygen atoms in total. The molecule has 0 bridgehead atoms. The van der Waals surface area contributed by atoms with Crippen molar-refractivity contribution < 1.29 is 14.6 Å². The molecule has 0 aliphatic carbocycles. The highest BCUT2D eigenvalue weighted by Crippen LogP contribution is 2.21. The maximum Gasteiger partial charge on any atom is 0.335 e. The first-order valence-electron chi connectivity index (χ1n) is 6.51. The van der Waals surface area contributed by atoms with Crippen molar-refractivity contribution in [3.63, 3.8) is 0 Å². The van der Waals surface area contributed by atoms with Crippen LogP contribution in [0.15, 0.2) is 36.4 Å². The maximum atomic E-state index is 11.2. The third-order valence-corrected chi connectivity index (χ3v) is 3.44. The summed E-state index contributed by atoms with van der Waals surface area (Å²) in [5.74, 6) is -0.108. The molecule has 0 spiro atoms. The second kappa shape index (κ2) is 5.78. The molecule has 0 aliphatic heterocycles. The number of hydrogen-bond donors (Lipinski definition) is 1. The first-order valence-corrected chi connectivity index (χ1v) is 6.51. The lowest BCUT2D eigenvalue weighted by atomic mass is 9.98. The molecule has 0 atom stereocenters. The largest absolute Gasteiger partial charge is 0.489 e. The van der Waals surface area contributed by atoms with E-state index in [-0.39, 0.29) is 0 Å². The number of benzene rings is 2. The van der Waals surface area contributed by atoms with E-state index in [9.17, 15) is 4.79 Å². The van der Waals surface area contributed by atoms with Crippen LogP contribution in [0.5, 0.6) is 5.75 Å². The molecular weight excluding hydrogens is 252 g/mol. The molecule has 0 aliphatic rings. The summed E-state index contributed by atoms with van der Waals surface area (Å²) in [6.45, 7) is 6.18. The van der Waals surface area contributed by atoms with Crippen LogP contribution in [0, 0.1) is 20.8 Å². The molecule has 0 amide bonds. The quantitative estimate of drug-likeness (QED) is 0.916. The fourth-order valence-electron chi connectivity index (χ4n) is 2.21. The van der Waals surface area contributed by atoms with Gasteiger partial charge in [0.2, 0.25) is 0 Å². The van der Waals surface area contributed by atoms with Crippen LogP contribution < -0.4 is 4.74 Å². The fourth-order valence-corrected chi connectivity index (χ4v) is 2.21. The molecule has 2 rings (SSSR count). The van der Waals surface area contributed by atoms with Crippen LogP contribution in [0.4, 0.5) is 0 Å². The summed E-state index contributed by atoms with van der Waals surface area (Å²) in [5, 5.41) is 9.16. The van der Waals surface area contributed by atoms with Crippen molar-refractivity contribution in [1.29, 1.82) is 0 Å². The Morgan fingerprint density at radius 1 is 1.15 bits per heavy atom. The summed E-state index contributed by atoms with van der Waals surface area (Å²) in [6, 6.07) is 11.3. The minimum Gasteiger partial charge on any atom is -0.489 e. The van der Waals surface area contributed by atoms with E-state index in [2.05, 4.69) is 0 Å². The van der Waals surface area contributed by atoms with Gasteiger partial charge in [0.05, 0.1) is 5.56 Å². The Morgan fingerprint density at radius 2 is 1.90 bits per heavy atom. The highest BCUT2D eigenvalue weighted by Gasteiger charge is 2.13. The third-order valence-electron chi connectivity index (χ3n) is 3.44. The van der Waals surface area contributed by atoms with Crippen molar-refractivity contribution in [3.8, 4) is 5.75 Å². The zero-order chi connectivity index (χ0) is 14.7. The molecule has 2 aromatic rings. The van der Waals surface area contributed by atoms with Gasteiger partial charge in [0.1, 0.15) is 12.4 Å². The monoisotopic (exact) mass is 270 g/mol. The third kappa shape index (κ3) is 2.99. The second-order valence-electron chi connectivity index (χ2n) is 4.94. The first-order chi connectivity index (χ1) is 9.49. The van der Waals surface area contributed by atoms with E-state index in [4.69, 9.17) is 9.84 Å². The number of carboxylic acid groups (broad SMARTS) is 1. The highest BCUT2D eigenvalue weighted by atomic mass is 16.5. The predicted molar refractivity (Wildman–Crippen MR) is 78.4 cm³/mol. The van der Waals surface area contributed by atoms with Gasteiger partial charge in [-0.3, -0.25) is 0 Å². The molecule has 0 aromatic heterocycles. The van der Waals surface area contributed by atoms with Crippen molar-refractivity contribution in [1.82, 2.24) is 0 Å². The van der Waals surface area contributed by atoms with Crippen LogP contribution in [0.2, 0.25) is 0 Å². The Balaban J connectivity index is 2.25. The molecule has 3 heteroatoms. The van der Waals surface area contributed by atoms with E-state index >= 15 is 0 Å². The normalized spacial score (nSPS) is 10.3. The fraction of sp³-hybridized carbons (Fsp3) is 0.235. The number of aryl methyl sites for hydroxylation is 2. The summed E-state index contributed by atoms with van der Waals surface area (Å²) >= 11 is 0. The zero-order valence-electron chi connectivity index (χ0n) is 11.9. The van der Waals surface area contributed by atoms with Gasteiger partial charge in [-0.2, -0.15) is 0 Å². The van der Waals surface area contributed by atoms with Crippen LogP contribution in [0.25, 0.3) is 0 Å². The van der Waals surface area contributed by atoms with Crippen LogP contribution in [-0.2, 0) is 6.61 Å². The summed E-state index contributed by atoms with van der Waals surface area (Å²) in [4.78, 5) is 11.2. The van der Waals surface area contributed by atoms with Gasteiger partial charge in [-0.1, -0.05) is 18.2 Å². The smallest absolute Gasteiger partial charge is 0.335 e. The molecule has 2 aromatic carbocycles. The van der Waals surface area contributed by atoms with Gasteiger partial charge in [-0.25, -0.2) is 4.79 Å². The molecule has 0 radical (unpaired) electrons. The number of aromatic carboxylic acids is 1. The van der Waals surface area contributed by atoms with E-state index in [1.54, 1.807) is 6.07 Å². The Hall–Kier alpha value is -2.29. The van der Waals surface area contributed by atoms with Crippen molar-refractivity contribution >= 4 is 5.97 Å². The van der Waals surface area contributed by atoms with Crippen LogP contribution in [-0.4, -0.2) is 11.1 Å². The predicted octanol–water partition coefficient (Wildman–Crippen LogP) is 3.89. The van der Waals surface area contributed by atoms with E-state index in [0.717, 1.165) is 28.0 Å². The molecule has 0 fully saturated rings. The first kappa shape index (κ1) is 14.1. The van der Waals surface area contributed by atoms with Crippen molar-refractivity contribution in [2.24, 2.45) is 0 Å². The van der Waals surface area contributed by atoms with E-state index in [1.165, 1.54) is 0 Å². The van der Waals surface area contributed by atoms with Crippen LogP contribution >= 0.6 is 0 Å². The molecule has 0 heterocycles. The highest BCUT2D eigenvalue weighted by molar-refractivity contribution is 5.89. The zero-order valence-corrected chi connectivity index (χ0v) is 11.9. The summed E-state index contributed by atoms with van der Waals surface area (Å²) in [7, 11) is 0. The van der Waals surface area contributed by atoms with Gasteiger partial charge >= 0.3 is 5.97 Å². The SMILES string of the molecule is Cc1cccc(OCc2c(C)ccc(C(=O)O)c2C)c1. The minimum atomic E-state index is -0.903. The number of carbonyl (C=O) groups is 1. The molecular formula is C17H18O3. The Morgan fingerprint density at radius 3 is 2.55 bits per heavy atom. The van der Waals surface area contributed by atoms with Gasteiger partial charge in [0.25, 0.3) is 0 Å². The van der Waals surface area contributed by atoms with Crippen LogP contribution in [0.1, 0.15) is 32.6 Å². The average molecular weight is 270 g/mol. The van der Waals surface area contributed by atoms with E-state index in [1.807, 2.05) is 51.1 Å². The Labute approximate surface area is 118 Å². The van der Waals surface area contributed by atoms with Crippen LogP contribution in [0.3, 0.4) is 0 Å². The van der Waals surface area contributed by atoms with E-state index < -0.39 is 5.97 Å². The lowest BCUT2D eigenvalue weighted by Gasteiger charge is -2.13. The lowest BCUT2D eigenvalue weighted by Crippen LogP contribution is -2.07. The van der Waals surface area contributed by atoms with Crippen molar-refractivity contribution in [3.05, 3.63) is 64.2 Å². The molecule has 20 heavy (non-hydrogen) atoms. The van der Waals surface area contributed by atoms with E-state index in [0.29, 0.717) is 12.2 Å². The van der Waals surface area contributed by atoms with Gasteiger partial charge in [-0.05, 0) is 61.2 Å². The Bertz CT molecular complexity index is 645. The van der Waals surface area contributed by atoms with Gasteiger partial charge in [0, 0.05) is 0 Å². The summed E-state index contributed by atoms with van der Waals surface area (Å²) in [6.07, 6.45) is 0. The number of ether oxygens (including phenoxy) is 1. The molecule has 104 valence electrons. The summed E-state index contributed by atoms with van der Waals surface area (Å²) in [5.41, 5.74) is 4.21. The topological polar surface area (TPSA) is 46.5 Å². The molecule has 0 saturated heterocycles. The average Bonchev–Trinajstić information content (AvgIpc) is 2.38. The van der Waals surface area contributed by atoms with Gasteiger partial charge in [0.15, 0.2) is 0 Å². The summed E-state index contributed by atoms with van der Waals surface area (Å²) < 4.78 is 5.78. The molecule has 1 N–H and O–H groups in total. The van der Waals surface area contributed by atoms with Crippen molar-refractivity contribution in [2.45, 2.75) is 27.4 Å². The van der Waals surface area contributed by atoms with Gasteiger partial charge < -0.3 is 9.84 Å². The minimum absolute atomic E-state index is 0.332. The number of rotatable bonds is 4. The van der Waals surface area contributed by atoms with Gasteiger partial charge in [-0.15, -0.1) is 0 Å². The maximum absolute atomic E-state index is 11.2. The molecule has 0 unspecified atom stereocenters. The lowest BCUT2D eigenvalue weighted by molar-refractivity contribution is 0.0696. The molecule has 0 saturated carbocycles. The number of carboxylic acids is 1. The standard InChI is InChI=1S/C17H18O3/c1-11-5-4-6-14(9-11)20-10-16-12(2)7-8-15(13(16)3)17(18)19/h4-9H,10H2,1-3H3,(H,18,19). The van der Waals surface area contributed by atoms with Crippen molar-refractivity contribution in [2.75, 3.05) is 0 Å².